The van der Waals surface area contributed by atoms with Crippen molar-refractivity contribution in [1.29, 1.82) is 0 Å². The number of aliphatic imine (C=N–C) groups is 1. The molecule has 2 fully saturated rings. The molecule has 2 aromatic carbocycles. The number of hydrogen-bond donors (Lipinski definition) is 9. The Hall–Kier alpha value is -3.90. The lowest BCUT2D eigenvalue weighted by Gasteiger charge is -2.43. The van der Waals surface area contributed by atoms with Crippen molar-refractivity contribution in [3.63, 3.8) is 0 Å². The summed E-state index contributed by atoms with van der Waals surface area (Å²) >= 11 is 0. The highest BCUT2D eigenvalue weighted by Gasteiger charge is 2.42. The summed E-state index contributed by atoms with van der Waals surface area (Å²) in [7, 11) is 0. The number of phenolic OH excluding ortho intramolecular Hbond substituents is 1. The molecule has 8 atom stereocenters. The molecule has 3 heterocycles. The molecule has 5 aliphatic rings. The van der Waals surface area contributed by atoms with E-state index in [0.29, 0.717) is 43.9 Å². The maximum atomic E-state index is 12.8. The minimum atomic E-state index is -1.90. The smallest absolute Gasteiger partial charge is 0.302 e. The third kappa shape index (κ3) is 11.2. The second kappa shape index (κ2) is 19.7. The molecule has 0 amide bonds. The van der Waals surface area contributed by atoms with Gasteiger partial charge in [0.25, 0.3) is 0 Å². The van der Waals surface area contributed by atoms with Crippen LogP contribution in [0.15, 0.2) is 41.4 Å². The SMILES string of the molecule is CC(=O)OC1CC(O)CCC2(C(C)O)C#CC3CCCC4(CNCCc5cccc(c5)CC5(CCCCC5)NC(N)=NC2)CC(CCN4)Oc2cc(c(C(O)O)cc2O)CC31. The summed E-state index contributed by atoms with van der Waals surface area (Å²) in [6.45, 7) is 5.37. The van der Waals surface area contributed by atoms with Crippen molar-refractivity contribution in [3.05, 3.63) is 58.7 Å². The van der Waals surface area contributed by atoms with E-state index < -0.39 is 47.8 Å². The van der Waals surface area contributed by atoms with E-state index >= 15 is 0 Å². The van der Waals surface area contributed by atoms with E-state index in [1.54, 1.807) is 13.0 Å². The molecule has 1 saturated carbocycles. The van der Waals surface area contributed by atoms with Gasteiger partial charge < -0.3 is 56.7 Å². The number of phenols is 1. The molecule has 7 rings (SSSR count). The molecule has 10 N–H and O–H groups in total. The second-order valence-electron chi connectivity index (χ2n) is 19.0. The summed E-state index contributed by atoms with van der Waals surface area (Å²) in [5.74, 6) is 6.09. The average Bonchev–Trinajstić information content (AvgIpc) is 3.21. The number of aromatic hydroxyl groups is 1. The van der Waals surface area contributed by atoms with E-state index in [9.17, 15) is 30.3 Å². The summed E-state index contributed by atoms with van der Waals surface area (Å²) in [5.41, 5.74) is 8.27. The minimum absolute atomic E-state index is 0.110. The molecule has 13 heteroatoms. The Labute approximate surface area is 361 Å². The van der Waals surface area contributed by atoms with Crippen LogP contribution < -0.4 is 26.4 Å². The Morgan fingerprint density at radius 3 is 2.56 bits per heavy atom. The number of piperidine rings is 1. The second-order valence-corrected chi connectivity index (χ2v) is 19.0. The fourth-order valence-corrected chi connectivity index (χ4v) is 10.9. The Balaban J connectivity index is 1.37. The number of hydrogen-bond acceptors (Lipinski definition) is 13. The molecular weight excluding hydrogens is 775 g/mol. The third-order valence-electron chi connectivity index (χ3n) is 14.4. The summed E-state index contributed by atoms with van der Waals surface area (Å²) in [6.07, 6.45) is 6.63. The van der Waals surface area contributed by atoms with Crippen LogP contribution in [0.2, 0.25) is 0 Å². The topological polar surface area (TPSA) is 211 Å². The van der Waals surface area contributed by atoms with Crippen molar-refractivity contribution in [2.75, 3.05) is 26.2 Å². The monoisotopic (exact) mass is 844 g/mol. The van der Waals surface area contributed by atoms with Crippen LogP contribution in [0.4, 0.5) is 0 Å². The molecule has 0 radical (unpaired) electrons. The summed E-state index contributed by atoms with van der Waals surface area (Å²) in [6, 6.07) is 11.9. The zero-order chi connectivity index (χ0) is 43.2. The number of carbonyl (C=O) groups is 1. The number of benzene rings is 2. The average molecular weight is 844 g/mol. The molecular formula is C48H69N5O8. The zero-order valence-electron chi connectivity index (χ0n) is 36.1. The van der Waals surface area contributed by atoms with Crippen LogP contribution in [-0.2, 0) is 28.8 Å². The Morgan fingerprint density at radius 2 is 1.79 bits per heavy atom. The van der Waals surface area contributed by atoms with Gasteiger partial charge in [-0.2, -0.15) is 0 Å². The van der Waals surface area contributed by atoms with Crippen molar-refractivity contribution >= 4 is 11.9 Å². The number of nitrogens with one attached hydrogen (secondary N) is 3. The molecule has 334 valence electrons. The Morgan fingerprint density at radius 1 is 1.00 bits per heavy atom. The highest BCUT2D eigenvalue weighted by molar-refractivity contribution is 5.79. The van der Waals surface area contributed by atoms with Crippen molar-refractivity contribution in [2.24, 2.45) is 28.0 Å². The minimum Gasteiger partial charge on any atom is -0.504 e. The van der Waals surface area contributed by atoms with Crippen LogP contribution in [-0.4, -0.2) is 99.1 Å². The van der Waals surface area contributed by atoms with Gasteiger partial charge in [0.1, 0.15) is 12.2 Å². The van der Waals surface area contributed by atoms with E-state index in [1.165, 1.54) is 30.5 Å². The fraction of sp³-hybridized carbons (Fsp3) is 0.667. The number of aliphatic hydroxyl groups excluding tert-OH is 3. The third-order valence-corrected chi connectivity index (χ3v) is 14.4. The summed E-state index contributed by atoms with van der Waals surface area (Å²) in [5, 5.41) is 67.2. The first kappa shape index (κ1) is 45.1. The van der Waals surface area contributed by atoms with Gasteiger partial charge in [0.15, 0.2) is 23.7 Å². The summed E-state index contributed by atoms with van der Waals surface area (Å²) < 4.78 is 12.7. The number of ether oxygens (including phenoxy) is 2. The van der Waals surface area contributed by atoms with Crippen molar-refractivity contribution in [1.82, 2.24) is 16.0 Å². The van der Waals surface area contributed by atoms with Gasteiger partial charge in [0.05, 0.1) is 24.2 Å². The number of aliphatic hydroxyl groups is 4. The highest BCUT2D eigenvalue weighted by Crippen LogP contribution is 2.42. The van der Waals surface area contributed by atoms with Crippen LogP contribution in [0.1, 0.15) is 126 Å². The Kier molecular flexibility index (Phi) is 14.5. The molecule has 2 aromatic rings. The molecule has 8 bridgehead atoms. The summed E-state index contributed by atoms with van der Waals surface area (Å²) in [4.78, 5) is 17.7. The van der Waals surface area contributed by atoms with Crippen LogP contribution in [0.25, 0.3) is 0 Å². The molecule has 2 spiro atoms. The standard InChI is InChI=1S/C48H69N5O8/c1-31(54)46-18-11-35-10-7-17-48(30-50-20-13-33-8-6-9-34(22-33)27-47(15-4-3-5-16-47)53-45(49)51-29-46)28-38(14-21-52-48)61-43-24-36(40(44(58)59)26-41(43)57)23-39(35)42(60-32(2)55)25-37(56)12-19-46/h6,8-9,22,24,26,31,35,37-39,42,44,50,52,54,56-59H,3-5,7,10,12-17,19-21,23,25,27-30H2,1-2H3,(H3,49,51,53). The van der Waals surface area contributed by atoms with Gasteiger partial charge in [-0.25, -0.2) is 0 Å². The zero-order valence-corrected chi connectivity index (χ0v) is 36.1. The van der Waals surface area contributed by atoms with Crippen molar-refractivity contribution in [3.8, 4) is 23.3 Å². The number of esters is 1. The van der Waals surface area contributed by atoms with Crippen molar-refractivity contribution < 1.29 is 39.8 Å². The number of rotatable bonds is 3. The fourth-order valence-electron chi connectivity index (χ4n) is 10.9. The Bertz CT molecular complexity index is 1920. The van der Waals surface area contributed by atoms with Crippen molar-refractivity contribution in [2.45, 2.75) is 158 Å². The molecule has 61 heavy (non-hydrogen) atoms. The van der Waals surface area contributed by atoms with Gasteiger partial charge in [-0.3, -0.25) is 9.79 Å². The lowest BCUT2D eigenvalue weighted by Crippen LogP contribution is -2.59. The van der Waals surface area contributed by atoms with Gasteiger partial charge in [-0.15, -0.1) is 0 Å². The maximum absolute atomic E-state index is 12.8. The lowest BCUT2D eigenvalue weighted by molar-refractivity contribution is -0.152. The molecule has 13 nitrogen and oxygen atoms in total. The first-order valence-electron chi connectivity index (χ1n) is 22.8. The van der Waals surface area contributed by atoms with Crippen LogP contribution in [0.5, 0.6) is 11.5 Å². The number of guanidine groups is 1. The molecule has 8 unspecified atom stereocenters. The van der Waals surface area contributed by atoms with Crippen LogP contribution >= 0.6 is 0 Å². The van der Waals surface area contributed by atoms with Crippen LogP contribution in [0, 0.1) is 29.1 Å². The van der Waals surface area contributed by atoms with Gasteiger partial charge in [0, 0.05) is 54.8 Å². The number of fused-ring (bicyclic) bond motifs is 8. The van der Waals surface area contributed by atoms with E-state index in [1.807, 2.05) is 0 Å². The van der Waals surface area contributed by atoms with E-state index in [-0.39, 0.29) is 60.1 Å². The van der Waals surface area contributed by atoms with Crippen LogP contribution in [0.3, 0.4) is 0 Å². The van der Waals surface area contributed by atoms with Gasteiger partial charge >= 0.3 is 5.97 Å². The molecule has 1 saturated heterocycles. The number of nitrogens with zero attached hydrogens (tertiary/aromatic N) is 1. The quantitative estimate of drug-likeness (QED) is 0.122. The largest absolute Gasteiger partial charge is 0.504 e. The maximum Gasteiger partial charge on any atom is 0.302 e. The number of carbonyl (C=O) groups excluding carboxylic acids is 1. The first-order valence-corrected chi connectivity index (χ1v) is 22.8. The molecule has 2 aliphatic carbocycles. The van der Waals surface area contributed by atoms with Gasteiger partial charge in [-0.05, 0) is 113 Å². The highest BCUT2D eigenvalue weighted by atomic mass is 16.5. The lowest BCUT2D eigenvalue weighted by atomic mass is 9.72. The predicted octanol–water partition coefficient (Wildman–Crippen LogP) is 4.05. The normalized spacial score (nSPS) is 31.7. The first-order chi connectivity index (χ1) is 29.2. The molecule has 3 aliphatic heterocycles. The van der Waals surface area contributed by atoms with E-state index in [4.69, 9.17) is 20.2 Å². The predicted molar refractivity (Wildman–Crippen MR) is 234 cm³/mol. The van der Waals surface area contributed by atoms with E-state index in [0.717, 1.165) is 64.3 Å². The van der Waals surface area contributed by atoms with Gasteiger partial charge in [0.2, 0.25) is 0 Å². The van der Waals surface area contributed by atoms with Gasteiger partial charge in [-0.1, -0.05) is 61.8 Å². The van der Waals surface area contributed by atoms with E-state index in [2.05, 4.69) is 52.1 Å². The molecule has 0 aromatic heterocycles. The number of nitrogens with two attached hydrogens (primary N) is 1.